The molecule has 1 unspecified atom stereocenters. The van der Waals surface area contributed by atoms with Crippen molar-refractivity contribution in [2.45, 2.75) is 51.1 Å². The summed E-state index contributed by atoms with van der Waals surface area (Å²) in [5.74, 6) is 1.87. The van der Waals surface area contributed by atoms with Gasteiger partial charge in [-0.25, -0.2) is 0 Å². The Bertz CT molecular complexity index is 429. The molecule has 1 N–H and O–H groups in total. The van der Waals surface area contributed by atoms with Crippen molar-refractivity contribution < 1.29 is 9.47 Å². The summed E-state index contributed by atoms with van der Waals surface area (Å²) in [5.41, 5.74) is 1.28. The smallest absolute Gasteiger partial charge is 0.165 e. The topological polar surface area (TPSA) is 30.5 Å². The molecule has 0 saturated heterocycles. The van der Waals surface area contributed by atoms with Crippen molar-refractivity contribution in [2.75, 3.05) is 13.2 Å². The zero-order chi connectivity index (χ0) is 13.1. The standard InChI is InChI=1S/C16H23NO2/c1-2-10-18-15-7-3-5-13-14(17-12-8-9-12)6-4-11-19-16(13)15/h3,5,7,12,14,17H,2,4,6,8-11H2,1H3. The maximum Gasteiger partial charge on any atom is 0.165 e. The minimum atomic E-state index is 0.426. The molecule has 3 nitrogen and oxygen atoms in total. The van der Waals surface area contributed by atoms with Gasteiger partial charge in [0.2, 0.25) is 0 Å². The van der Waals surface area contributed by atoms with Gasteiger partial charge in [0.25, 0.3) is 0 Å². The first-order valence-electron chi connectivity index (χ1n) is 7.53. The molecule has 3 rings (SSSR count). The van der Waals surface area contributed by atoms with E-state index in [0.717, 1.165) is 50.0 Å². The summed E-state index contributed by atoms with van der Waals surface area (Å²) in [4.78, 5) is 0. The first kappa shape index (κ1) is 12.8. The van der Waals surface area contributed by atoms with Gasteiger partial charge in [-0.1, -0.05) is 19.1 Å². The number of ether oxygens (including phenoxy) is 2. The molecule has 1 heterocycles. The SMILES string of the molecule is CCCOc1cccc2c1OCCCC2NC1CC1. The van der Waals surface area contributed by atoms with Crippen LogP contribution in [0.4, 0.5) is 0 Å². The first-order chi connectivity index (χ1) is 9.38. The molecule has 0 spiro atoms. The van der Waals surface area contributed by atoms with E-state index in [9.17, 15) is 0 Å². The summed E-state index contributed by atoms with van der Waals surface area (Å²) in [6, 6.07) is 7.43. The second-order valence-electron chi connectivity index (χ2n) is 5.51. The van der Waals surface area contributed by atoms with Gasteiger partial charge in [-0.3, -0.25) is 0 Å². The average molecular weight is 261 g/mol. The summed E-state index contributed by atoms with van der Waals surface area (Å²) < 4.78 is 11.8. The maximum absolute atomic E-state index is 5.94. The molecular formula is C16H23NO2. The van der Waals surface area contributed by atoms with Crippen LogP contribution in [-0.2, 0) is 0 Å². The van der Waals surface area contributed by atoms with Crippen molar-refractivity contribution in [2.24, 2.45) is 0 Å². The van der Waals surface area contributed by atoms with Crippen LogP contribution in [0.1, 0.15) is 50.6 Å². The summed E-state index contributed by atoms with van der Waals surface area (Å²) in [7, 11) is 0. The van der Waals surface area contributed by atoms with E-state index in [1.165, 1.54) is 18.4 Å². The normalized spacial score (nSPS) is 22.3. The monoisotopic (exact) mass is 261 g/mol. The number of hydrogen-bond donors (Lipinski definition) is 1. The number of benzene rings is 1. The highest BCUT2D eigenvalue weighted by molar-refractivity contribution is 5.48. The molecule has 0 aromatic heterocycles. The largest absolute Gasteiger partial charge is 0.490 e. The van der Waals surface area contributed by atoms with Gasteiger partial charge < -0.3 is 14.8 Å². The van der Waals surface area contributed by atoms with E-state index in [1.807, 2.05) is 6.07 Å². The van der Waals surface area contributed by atoms with Crippen LogP contribution < -0.4 is 14.8 Å². The van der Waals surface area contributed by atoms with Gasteiger partial charge in [0, 0.05) is 17.6 Å². The Hall–Kier alpha value is -1.22. The first-order valence-corrected chi connectivity index (χ1v) is 7.53. The van der Waals surface area contributed by atoms with Crippen molar-refractivity contribution >= 4 is 0 Å². The highest BCUT2D eigenvalue weighted by Crippen LogP contribution is 2.40. The molecule has 2 aliphatic rings. The van der Waals surface area contributed by atoms with Gasteiger partial charge >= 0.3 is 0 Å². The van der Waals surface area contributed by atoms with Crippen molar-refractivity contribution in [3.8, 4) is 11.5 Å². The van der Waals surface area contributed by atoms with Crippen LogP contribution in [0.2, 0.25) is 0 Å². The second kappa shape index (κ2) is 5.83. The minimum absolute atomic E-state index is 0.426. The number of hydrogen-bond acceptors (Lipinski definition) is 3. The molecule has 0 bridgehead atoms. The molecule has 1 aromatic carbocycles. The molecule has 3 heteroatoms. The number of nitrogens with one attached hydrogen (secondary N) is 1. The Labute approximate surface area is 115 Å². The highest BCUT2D eigenvalue weighted by Gasteiger charge is 2.29. The molecular weight excluding hydrogens is 238 g/mol. The van der Waals surface area contributed by atoms with E-state index >= 15 is 0 Å². The number of para-hydroxylation sites is 1. The van der Waals surface area contributed by atoms with Crippen LogP contribution in [0, 0.1) is 0 Å². The fourth-order valence-corrected chi connectivity index (χ4v) is 2.61. The van der Waals surface area contributed by atoms with Crippen LogP contribution in [0.3, 0.4) is 0 Å². The molecule has 0 radical (unpaired) electrons. The molecule has 1 saturated carbocycles. The van der Waals surface area contributed by atoms with E-state index in [0.29, 0.717) is 6.04 Å². The van der Waals surface area contributed by atoms with E-state index in [-0.39, 0.29) is 0 Å². The van der Waals surface area contributed by atoms with Crippen molar-refractivity contribution in [3.05, 3.63) is 23.8 Å². The molecule has 1 aliphatic heterocycles. The average Bonchev–Trinajstić information content (AvgIpc) is 3.25. The van der Waals surface area contributed by atoms with Gasteiger partial charge in [0.05, 0.1) is 13.2 Å². The van der Waals surface area contributed by atoms with Crippen molar-refractivity contribution in [3.63, 3.8) is 0 Å². The zero-order valence-electron chi connectivity index (χ0n) is 11.7. The molecule has 0 amide bonds. The lowest BCUT2D eigenvalue weighted by Crippen LogP contribution is -2.23. The van der Waals surface area contributed by atoms with Gasteiger partial charge in [-0.15, -0.1) is 0 Å². The lowest BCUT2D eigenvalue weighted by atomic mass is 10.0. The summed E-state index contributed by atoms with van der Waals surface area (Å²) in [6.07, 6.45) is 5.91. The third-order valence-corrected chi connectivity index (χ3v) is 3.74. The van der Waals surface area contributed by atoms with Crippen LogP contribution >= 0.6 is 0 Å². The van der Waals surface area contributed by atoms with Crippen molar-refractivity contribution in [1.29, 1.82) is 0 Å². The van der Waals surface area contributed by atoms with E-state index < -0.39 is 0 Å². The number of fused-ring (bicyclic) bond motifs is 1. The molecule has 1 aliphatic carbocycles. The molecule has 104 valence electrons. The van der Waals surface area contributed by atoms with E-state index in [1.54, 1.807) is 0 Å². The van der Waals surface area contributed by atoms with Gasteiger partial charge in [0.15, 0.2) is 11.5 Å². The fourth-order valence-electron chi connectivity index (χ4n) is 2.61. The summed E-state index contributed by atoms with van der Waals surface area (Å²) >= 11 is 0. The third-order valence-electron chi connectivity index (χ3n) is 3.74. The van der Waals surface area contributed by atoms with E-state index in [2.05, 4.69) is 24.4 Å². The minimum Gasteiger partial charge on any atom is -0.490 e. The highest BCUT2D eigenvalue weighted by atomic mass is 16.5. The molecule has 1 fully saturated rings. The Kier molecular flexibility index (Phi) is 3.92. The van der Waals surface area contributed by atoms with Crippen molar-refractivity contribution in [1.82, 2.24) is 5.32 Å². The predicted molar refractivity (Wildman–Crippen MR) is 75.9 cm³/mol. The maximum atomic E-state index is 5.94. The van der Waals surface area contributed by atoms with E-state index in [4.69, 9.17) is 9.47 Å². The van der Waals surface area contributed by atoms with Gasteiger partial charge in [-0.05, 0) is 38.2 Å². The Morgan fingerprint density at radius 3 is 3.00 bits per heavy atom. The van der Waals surface area contributed by atoms with Crippen LogP contribution in [0.25, 0.3) is 0 Å². The van der Waals surface area contributed by atoms with Crippen LogP contribution in [-0.4, -0.2) is 19.3 Å². The van der Waals surface area contributed by atoms with Gasteiger partial charge in [0.1, 0.15) is 0 Å². The number of rotatable bonds is 5. The summed E-state index contributed by atoms with van der Waals surface area (Å²) in [5, 5.41) is 3.74. The third kappa shape index (κ3) is 3.03. The van der Waals surface area contributed by atoms with Gasteiger partial charge in [-0.2, -0.15) is 0 Å². The predicted octanol–water partition coefficient (Wildman–Crippen LogP) is 3.44. The Balaban J connectivity index is 1.85. The zero-order valence-corrected chi connectivity index (χ0v) is 11.7. The van der Waals surface area contributed by atoms with Crippen LogP contribution in [0.5, 0.6) is 11.5 Å². The second-order valence-corrected chi connectivity index (χ2v) is 5.51. The van der Waals surface area contributed by atoms with Crippen LogP contribution in [0.15, 0.2) is 18.2 Å². The Morgan fingerprint density at radius 2 is 2.21 bits per heavy atom. The summed E-state index contributed by atoms with van der Waals surface area (Å²) in [6.45, 7) is 3.67. The quantitative estimate of drug-likeness (QED) is 0.880. The lowest BCUT2D eigenvalue weighted by Gasteiger charge is -2.20. The molecule has 19 heavy (non-hydrogen) atoms. The lowest BCUT2D eigenvalue weighted by molar-refractivity contribution is 0.269. The fraction of sp³-hybridized carbons (Fsp3) is 0.625. The Morgan fingerprint density at radius 1 is 1.32 bits per heavy atom. The molecule has 1 atom stereocenters. The molecule has 1 aromatic rings.